The Kier molecular flexibility index (Phi) is 6.51. The molecule has 216 valence electrons. The maximum atomic E-state index is 13.6. The summed E-state index contributed by atoms with van der Waals surface area (Å²) in [5, 5.41) is 19.5. The van der Waals surface area contributed by atoms with Crippen LogP contribution in [-0.2, 0) is 27.2 Å². The second-order valence-corrected chi connectivity index (χ2v) is 11.0. The molecule has 4 aromatic heterocycles. The lowest BCUT2D eigenvalue weighted by Crippen LogP contribution is -2.22. The minimum Gasteiger partial charge on any atom is -0.392 e. The number of hydrogen-bond acceptors (Lipinski definition) is 7. The number of aromatic nitrogens is 7. The third-order valence-electron chi connectivity index (χ3n) is 8.01. The molecule has 0 saturated heterocycles. The van der Waals surface area contributed by atoms with Gasteiger partial charge in [-0.2, -0.15) is 5.10 Å². The summed E-state index contributed by atoms with van der Waals surface area (Å²) in [5.41, 5.74) is 3.55. The van der Waals surface area contributed by atoms with E-state index in [0.717, 1.165) is 11.2 Å². The lowest BCUT2D eigenvalue weighted by atomic mass is 10.0. The summed E-state index contributed by atoms with van der Waals surface area (Å²) in [4.78, 5) is 35.6. The largest absolute Gasteiger partial charge is 0.392 e. The first-order valence-corrected chi connectivity index (χ1v) is 14.1. The van der Waals surface area contributed by atoms with Gasteiger partial charge in [0.1, 0.15) is 5.82 Å². The fourth-order valence-electron chi connectivity index (χ4n) is 5.50. The van der Waals surface area contributed by atoms with Gasteiger partial charge < -0.3 is 19.6 Å². The normalized spacial score (nSPS) is 13.1. The van der Waals surface area contributed by atoms with Gasteiger partial charge in [0.2, 0.25) is 0 Å². The second kappa shape index (κ2) is 10.5. The SMILES string of the molecule is Cn1ccnc1Cn1cc(Nc2nc(-c3cccc(-n4ccc5cc(C6CC6)ccc5c4=O)c3CO)cn(C)c2=O)cn1. The number of aryl methyl sites for hydroxylation is 2. The molecule has 4 heterocycles. The standard InChI is InChI=1S/C32H30N8O3/c1-37-13-11-33-29(37)18-39-16-23(15-34-39)35-30-32(43)38(2)17-27(36-30)25-4-3-5-28(26(25)19-41)40-12-10-22-14-21(20-6-7-20)8-9-24(22)31(40)42/h3-5,8-17,20,41H,6-7,18-19H2,1-2H3,(H,35,36). The molecule has 0 bridgehead atoms. The summed E-state index contributed by atoms with van der Waals surface area (Å²) in [6.07, 6.45) is 12.8. The second-order valence-electron chi connectivity index (χ2n) is 11.0. The summed E-state index contributed by atoms with van der Waals surface area (Å²) in [7, 11) is 3.57. The predicted octanol–water partition coefficient (Wildman–Crippen LogP) is 3.84. The van der Waals surface area contributed by atoms with E-state index in [2.05, 4.69) is 26.4 Å². The van der Waals surface area contributed by atoms with Gasteiger partial charge in [-0.15, -0.1) is 0 Å². The van der Waals surface area contributed by atoms with Crippen molar-refractivity contribution < 1.29 is 5.11 Å². The van der Waals surface area contributed by atoms with Gasteiger partial charge in [-0.3, -0.25) is 18.8 Å². The third-order valence-corrected chi connectivity index (χ3v) is 8.01. The van der Waals surface area contributed by atoms with E-state index >= 15 is 0 Å². The average Bonchev–Trinajstić information content (AvgIpc) is 3.66. The first-order valence-electron chi connectivity index (χ1n) is 14.1. The van der Waals surface area contributed by atoms with E-state index in [1.54, 1.807) is 53.3 Å². The molecule has 11 nitrogen and oxygen atoms in total. The van der Waals surface area contributed by atoms with Crippen molar-refractivity contribution >= 4 is 22.3 Å². The Balaban J connectivity index is 1.24. The van der Waals surface area contributed by atoms with Crippen LogP contribution in [0.25, 0.3) is 27.7 Å². The van der Waals surface area contributed by atoms with Gasteiger partial charge in [0.15, 0.2) is 5.82 Å². The van der Waals surface area contributed by atoms with Crippen molar-refractivity contribution in [2.24, 2.45) is 14.1 Å². The Morgan fingerprint density at radius 3 is 2.63 bits per heavy atom. The lowest BCUT2D eigenvalue weighted by molar-refractivity contribution is 0.282. The average molecular weight is 575 g/mol. The highest BCUT2D eigenvalue weighted by atomic mass is 16.3. The van der Waals surface area contributed by atoms with E-state index in [9.17, 15) is 14.7 Å². The summed E-state index contributed by atoms with van der Waals surface area (Å²) in [5.74, 6) is 1.55. The molecule has 2 aromatic carbocycles. The molecule has 0 spiro atoms. The number of imidazole rings is 1. The number of rotatable bonds is 8. The van der Waals surface area contributed by atoms with Crippen molar-refractivity contribution in [3.63, 3.8) is 0 Å². The number of nitrogens with one attached hydrogen (secondary N) is 1. The Morgan fingerprint density at radius 2 is 1.86 bits per heavy atom. The van der Waals surface area contributed by atoms with Gasteiger partial charge in [-0.25, -0.2) is 9.97 Å². The van der Waals surface area contributed by atoms with Crippen LogP contribution in [0.15, 0.2) is 89.2 Å². The highest BCUT2D eigenvalue weighted by molar-refractivity contribution is 5.83. The minimum atomic E-state index is -0.330. The molecule has 1 aliphatic rings. The molecule has 43 heavy (non-hydrogen) atoms. The Hall–Kier alpha value is -5.29. The van der Waals surface area contributed by atoms with Gasteiger partial charge in [-0.1, -0.05) is 24.3 Å². The zero-order chi connectivity index (χ0) is 29.7. The maximum absolute atomic E-state index is 13.6. The third kappa shape index (κ3) is 4.93. The molecule has 2 N–H and O–H groups in total. The summed E-state index contributed by atoms with van der Waals surface area (Å²) in [6.45, 7) is 0.142. The number of pyridine rings is 1. The first kappa shape index (κ1) is 26.6. The number of fused-ring (bicyclic) bond motifs is 1. The van der Waals surface area contributed by atoms with Gasteiger partial charge in [0.05, 0.1) is 36.4 Å². The van der Waals surface area contributed by atoms with Crippen LogP contribution in [0.5, 0.6) is 0 Å². The molecule has 1 aliphatic carbocycles. The van der Waals surface area contributed by atoms with Crippen LogP contribution in [0.4, 0.5) is 11.5 Å². The molecule has 0 aliphatic heterocycles. The Labute approximate surface area is 246 Å². The van der Waals surface area contributed by atoms with Crippen LogP contribution in [0.2, 0.25) is 0 Å². The van der Waals surface area contributed by atoms with Gasteiger partial charge in [-0.05, 0) is 47.9 Å². The summed E-state index contributed by atoms with van der Waals surface area (Å²) in [6, 6.07) is 13.4. The number of aliphatic hydroxyl groups excluding tert-OH is 1. The molecule has 0 unspecified atom stereocenters. The zero-order valence-corrected chi connectivity index (χ0v) is 23.8. The summed E-state index contributed by atoms with van der Waals surface area (Å²) < 4.78 is 6.64. The smallest absolute Gasteiger partial charge is 0.293 e. The molecule has 11 heteroatoms. The summed E-state index contributed by atoms with van der Waals surface area (Å²) >= 11 is 0. The molecule has 6 aromatic rings. The number of anilines is 2. The van der Waals surface area contributed by atoms with Crippen molar-refractivity contribution in [2.45, 2.75) is 31.9 Å². The fourth-order valence-corrected chi connectivity index (χ4v) is 5.50. The Bertz CT molecular complexity index is 2120. The minimum absolute atomic E-state index is 0.111. The molecule has 1 saturated carbocycles. The highest BCUT2D eigenvalue weighted by Gasteiger charge is 2.24. The quantitative estimate of drug-likeness (QED) is 0.283. The van der Waals surface area contributed by atoms with Crippen LogP contribution in [0.3, 0.4) is 0 Å². The van der Waals surface area contributed by atoms with E-state index in [1.165, 1.54) is 23.0 Å². The van der Waals surface area contributed by atoms with Crippen LogP contribution in [0, 0.1) is 0 Å². The molecule has 0 atom stereocenters. The molecule has 0 radical (unpaired) electrons. The predicted molar refractivity (Wildman–Crippen MR) is 164 cm³/mol. The zero-order valence-electron chi connectivity index (χ0n) is 23.8. The molecule has 7 rings (SSSR count). The number of hydrogen-bond donors (Lipinski definition) is 2. The van der Waals surface area contributed by atoms with E-state index in [1.807, 2.05) is 48.1 Å². The Morgan fingerprint density at radius 1 is 1.00 bits per heavy atom. The topological polar surface area (TPSA) is 125 Å². The van der Waals surface area contributed by atoms with E-state index in [4.69, 9.17) is 0 Å². The van der Waals surface area contributed by atoms with Crippen molar-refractivity contribution in [1.82, 2.24) is 33.4 Å². The number of benzene rings is 2. The maximum Gasteiger partial charge on any atom is 0.293 e. The highest BCUT2D eigenvalue weighted by Crippen LogP contribution is 2.40. The fraction of sp³-hybridized carbons (Fsp3) is 0.219. The van der Waals surface area contributed by atoms with E-state index in [-0.39, 0.29) is 23.5 Å². The molecular formula is C32H30N8O3. The molecular weight excluding hydrogens is 544 g/mol. The van der Waals surface area contributed by atoms with Crippen LogP contribution in [0.1, 0.15) is 35.7 Å². The van der Waals surface area contributed by atoms with Gasteiger partial charge in [0, 0.05) is 61.6 Å². The number of nitrogens with zero attached hydrogens (tertiary/aromatic N) is 7. The van der Waals surface area contributed by atoms with Crippen molar-refractivity contribution in [3.05, 3.63) is 117 Å². The first-order chi connectivity index (χ1) is 20.9. The van der Waals surface area contributed by atoms with E-state index < -0.39 is 0 Å². The van der Waals surface area contributed by atoms with Crippen LogP contribution >= 0.6 is 0 Å². The monoisotopic (exact) mass is 574 g/mol. The van der Waals surface area contributed by atoms with E-state index in [0.29, 0.717) is 46.0 Å². The van der Waals surface area contributed by atoms with Crippen LogP contribution in [-0.4, -0.2) is 38.6 Å². The van der Waals surface area contributed by atoms with Gasteiger partial charge >= 0.3 is 0 Å². The van der Waals surface area contributed by atoms with Gasteiger partial charge in [0.25, 0.3) is 11.1 Å². The molecule has 0 amide bonds. The van der Waals surface area contributed by atoms with Crippen molar-refractivity contribution in [3.8, 4) is 16.9 Å². The van der Waals surface area contributed by atoms with Crippen LogP contribution < -0.4 is 16.4 Å². The van der Waals surface area contributed by atoms with Crippen molar-refractivity contribution in [2.75, 3.05) is 5.32 Å². The lowest BCUT2D eigenvalue weighted by Gasteiger charge is -2.16. The van der Waals surface area contributed by atoms with Crippen molar-refractivity contribution in [1.29, 1.82) is 0 Å². The molecule has 1 fully saturated rings. The number of aliphatic hydroxyl groups is 1.